The smallest absolute Gasteiger partial charge is 0.269 e. The van der Waals surface area contributed by atoms with E-state index in [9.17, 15) is 14.4 Å². The summed E-state index contributed by atoms with van der Waals surface area (Å²) in [5, 5.41) is 15.8. The molecule has 5 N–H and O–H groups in total. The van der Waals surface area contributed by atoms with E-state index in [0.29, 0.717) is 24.2 Å². The summed E-state index contributed by atoms with van der Waals surface area (Å²) in [7, 11) is 3.32. The van der Waals surface area contributed by atoms with Crippen LogP contribution in [-0.4, -0.2) is 48.5 Å². The maximum absolute atomic E-state index is 11.5. The molecule has 2 heterocycles. The molecule has 9 heteroatoms. The number of pyridine rings is 2. The van der Waals surface area contributed by atoms with Gasteiger partial charge in [0.1, 0.15) is 11.5 Å². The topological polar surface area (TPSA) is 140 Å². The van der Waals surface area contributed by atoms with Crippen LogP contribution in [0.2, 0.25) is 0 Å². The van der Waals surface area contributed by atoms with Gasteiger partial charge in [-0.1, -0.05) is 0 Å². The third-order valence-electron chi connectivity index (χ3n) is 4.09. The Labute approximate surface area is 176 Å². The summed E-state index contributed by atoms with van der Waals surface area (Å²) in [6, 6.07) is 3.43. The lowest BCUT2D eigenvalue weighted by atomic mass is 10.1. The molecule has 2 rings (SSSR count). The molecule has 0 spiro atoms. The number of aryl methyl sites for hydroxylation is 2. The van der Waals surface area contributed by atoms with Crippen molar-refractivity contribution in [2.24, 2.45) is 0 Å². The number of hydrogen-bond donors (Lipinski definition) is 5. The van der Waals surface area contributed by atoms with Gasteiger partial charge in [0.2, 0.25) is 0 Å². The molecule has 30 heavy (non-hydrogen) atoms. The van der Waals surface area contributed by atoms with Crippen molar-refractivity contribution in [3.8, 4) is 0 Å². The molecule has 0 aliphatic rings. The number of aldehydes is 1. The van der Waals surface area contributed by atoms with E-state index >= 15 is 0 Å². The summed E-state index contributed by atoms with van der Waals surface area (Å²) < 4.78 is 0. The van der Waals surface area contributed by atoms with E-state index in [-0.39, 0.29) is 28.8 Å². The molecule has 0 saturated heterocycles. The second kappa shape index (κ2) is 11.6. The van der Waals surface area contributed by atoms with Crippen molar-refractivity contribution in [2.45, 2.75) is 40.3 Å². The molecule has 2 aromatic heterocycles. The van der Waals surface area contributed by atoms with Gasteiger partial charge in [0.25, 0.3) is 11.5 Å². The van der Waals surface area contributed by atoms with Crippen molar-refractivity contribution in [3.63, 3.8) is 0 Å². The number of aromatic nitrogens is 2. The number of amides is 1. The molecule has 0 bridgehead atoms. The van der Waals surface area contributed by atoms with Gasteiger partial charge >= 0.3 is 0 Å². The summed E-state index contributed by atoms with van der Waals surface area (Å²) in [5.74, 6) is -0.00960. The molecule has 0 aromatic carbocycles. The molecule has 0 atom stereocenters. The summed E-state index contributed by atoms with van der Waals surface area (Å²) in [5.41, 5.74) is 3.59. The van der Waals surface area contributed by atoms with Gasteiger partial charge < -0.3 is 26.3 Å². The quantitative estimate of drug-likeness (QED) is 0.346. The lowest BCUT2D eigenvalue weighted by Gasteiger charge is -2.14. The van der Waals surface area contributed by atoms with E-state index in [1.807, 2.05) is 40.8 Å². The fraction of sp³-hybridized carbons (Fsp3) is 0.381. The Bertz CT molecular complexity index is 966. The average molecular weight is 415 g/mol. The van der Waals surface area contributed by atoms with E-state index in [0.717, 1.165) is 23.0 Å². The highest BCUT2D eigenvalue weighted by atomic mass is 16.2. The van der Waals surface area contributed by atoms with E-state index < -0.39 is 0 Å². The number of hydrogen-bond acceptors (Lipinski definition) is 7. The number of nitrogens with zero attached hydrogens (tertiary/aromatic N) is 1. The van der Waals surface area contributed by atoms with Crippen LogP contribution in [0, 0.1) is 19.3 Å². The van der Waals surface area contributed by atoms with Gasteiger partial charge in [-0.25, -0.2) is 4.98 Å². The maximum Gasteiger partial charge on any atom is 0.269 e. The van der Waals surface area contributed by atoms with Gasteiger partial charge in [0.05, 0.1) is 0 Å². The van der Waals surface area contributed by atoms with Crippen LogP contribution in [0.4, 0.5) is 5.82 Å². The number of nitrogens with one attached hydrogen (secondary N) is 5. The Morgan fingerprint density at radius 2 is 1.93 bits per heavy atom. The SMILES string of the molecule is CNC(=O)c1cc(C=O)c(C=N)c(NC(C)C)n1.CNCc1c(C)cc(C)[nH]c1=O. The summed E-state index contributed by atoms with van der Waals surface area (Å²) in [4.78, 5) is 40.8. The Morgan fingerprint density at radius 1 is 1.27 bits per heavy atom. The summed E-state index contributed by atoms with van der Waals surface area (Å²) in [6.07, 6.45) is 1.66. The van der Waals surface area contributed by atoms with Gasteiger partial charge in [-0.15, -0.1) is 0 Å². The largest absolute Gasteiger partial charge is 0.367 e. The lowest BCUT2D eigenvalue weighted by Crippen LogP contribution is -2.22. The van der Waals surface area contributed by atoms with Gasteiger partial charge in [0.15, 0.2) is 6.29 Å². The first-order valence-electron chi connectivity index (χ1n) is 9.51. The van der Waals surface area contributed by atoms with Crippen LogP contribution in [0.3, 0.4) is 0 Å². The first-order chi connectivity index (χ1) is 14.2. The first-order valence-corrected chi connectivity index (χ1v) is 9.51. The van der Waals surface area contributed by atoms with Gasteiger partial charge in [-0.2, -0.15) is 0 Å². The Morgan fingerprint density at radius 3 is 2.40 bits per heavy atom. The molecule has 0 fully saturated rings. The number of rotatable bonds is 7. The normalized spacial score (nSPS) is 10.1. The zero-order valence-electron chi connectivity index (χ0n) is 18.3. The summed E-state index contributed by atoms with van der Waals surface area (Å²) in [6.45, 7) is 8.28. The molecule has 0 radical (unpaired) electrons. The van der Waals surface area contributed by atoms with Gasteiger partial charge in [-0.05, 0) is 52.4 Å². The first kappa shape index (κ1) is 24.7. The van der Waals surface area contributed by atoms with Crippen LogP contribution >= 0.6 is 0 Å². The lowest BCUT2D eigenvalue weighted by molar-refractivity contribution is 0.0958. The van der Waals surface area contributed by atoms with Crippen molar-refractivity contribution in [1.29, 1.82) is 5.41 Å². The van der Waals surface area contributed by atoms with Crippen LogP contribution in [0.5, 0.6) is 0 Å². The van der Waals surface area contributed by atoms with Crippen LogP contribution in [-0.2, 0) is 6.54 Å². The van der Waals surface area contributed by atoms with Crippen molar-refractivity contribution in [1.82, 2.24) is 20.6 Å². The number of carbonyl (C=O) groups excluding carboxylic acids is 2. The number of H-pyrrole nitrogens is 1. The van der Waals surface area contributed by atoms with Crippen LogP contribution < -0.4 is 21.5 Å². The molecule has 0 saturated carbocycles. The van der Waals surface area contributed by atoms with Gasteiger partial charge in [-0.3, -0.25) is 14.4 Å². The van der Waals surface area contributed by atoms with Gasteiger partial charge in [0, 0.05) is 48.2 Å². The van der Waals surface area contributed by atoms with E-state index in [4.69, 9.17) is 5.41 Å². The zero-order chi connectivity index (χ0) is 22.8. The van der Waals surface area contributed by atoms with Crippen molar-refractivity contribution in [3.05, 3.63) is 56.1 Å². The highest BCUT2D eigenvalue weighted by molar-refractivity contribution is 6.00. The summed E-state index contributed by atoms with van der Waals surface area (Å²) >= 11 is 0. The van der Waals surface area contributed by atoms with Crippen LogP contribution in [0.25, 0.3) is 0 Å². The van der Waals surface area contributed by atoms with Crippen molar-refractivity contribution >= 4 is 24.2 Å². The molecular formula is C21H30N6O3. The maximum atomic E-state index is 11.5. The molecule has 0 unspecified atom stereocenters. The molecule has 2 aromatic rings. The second-order valence-electron chi connectivity index (χ2n) is 6.97. The minimum Gasteiger partial charge on any atom is -0.367 e. The molecular weight excluding hydrogens is 384 g/mol. The Hall–Kier alpha value is -3.33. The highest BCUT2D eigenvalue weighted by Gasteiger charge is 2.15. The average Bonchev–Trinajstić information content (AvgIpc) is 2.69. The molecule has 0 aliphatic carbocycles. The number of anilines is 1. The standard InChI is InChI=1S/C12H16N4O2.C9H14N2O/c1-7(2)15-11-9(5-13)8(6-17)4-10(16-11)12(18)14-3;1-6-4-7(2)11-9(12)8(6)5-10-3/h4-7,13H,1-3H3,(H,14,18)(H,15,16);4,10H,5H2,1-3H3,(H,11,12). The third-order valence-corrected chi connectivity index (χ3v) is 4.09. The number of carbonyl (C=O) groups is 2. The minimum absolute atomic E-state index is 0.0156. The van der Waals surface area contributed by atoms with Crippen LogP contribution in [0.1, 0.15) is 57.1 Å². The predicted octanol–water partition coefficient (Wildman–Crippen LogP) is 1.78. The second-order valence-corrected chi connectivity index (χ2v) is 6.97. The van der Waals surface area contributed by atoms with E-state index in [1.54, 1.807) is 0 Å². The fourth-order valence-corrected chi connectivity index (χ4v) is 2.73. The van der Waals surface area contributed by atoms with Crippen molar-refractivity contribution < 1.29 is 9.59 Å². The van der Waals surface area contributed by atoms with E-state index in [2.05, 4.69) is 25.9 Å². The molecule has 1 amide bonds. The molecule has 9 nitrogen and oxygen atoms in total. The third kappa shape index (κ3) is 6.63. The number of aromatic amines is 1. The van der Waals surface area contributed by atoms with E-state index in [1.165, 1.54) is 13.1 Å². The van der Waals surface area contributed by atoms with Crippen LogP contribution in [0.15, 0.2) is 16.9 Å². The molecule has 162 valence electrons. The minimum atomic E-state index is -0.374. The predicted molar refractivity (Wildman–Crippen MR) is 119 cm³/mol. The fourth-order valence-electron chi connectivity index (χ4n) is 2.73. The Balaban J connectivity index is 0.000000325. The highest BCUT2D eigenvalue weighted by Crippen LogP contribution is 2.17. The molecule has 0 aliphatic heterocycles. The Kier molecular flexibility index (Phi) is 9.57. The monoisotopic (exact) mass is 414 g/mol. The zero-order valence-corrected chi connectivity index (χ0v) is 18.3. The van der Waals surface area contributed by atoms with Crippen molar-refractivity contribution in [2.75, 3.05) is 19.4 Å².